The van der Waals surface area contributed by atoms with E-state index in [1.54, 1.807) is 0 Å². The Morgan fingerprint density at radius 1 is 1.33 bits per heavy atom. The van der Waals surface area contributed by atoms with Crippen molar-refractivity contribution in [3.05, 3.63) is 53.6 Å². The molecule has 3 nitrogen and oxygen atoms in total. The SMILES string of the molecule is Cc1ccccc1Cn1cnc(CNC2CC2)c1. The first-order valence-electron chi connectivity index (χ1n) is 6.60. The highest BCUT2D eigenvalue weighted by atomic mass is 15.1. The highest BCUT2D eigenvalue weighted by Gasteiger charge is 2.20. The maximum absolute atomic E-state index is 4.44. The number of hydrogen-bond acceptors (Lipinski definition) is 2. The van der Waals surface area contributed by atoms with Gasteiger partial charge in [0, 0.05) is 25.3 Å². The number of nitrogens with zero attached hydrogens (tertiary/aromatic N) is 2. The maximum atomic E-state index is 4.44. The fourth-order valence-corrected chi connectivity index (χ4v) is 2.10. The van der Waals surface area contributed by atoms with E-state index in [0.717, 1.165) is 24.8 Å². The monoisotopic (exact) mass is 241 g/mol. The molecule has 0 spiro atoms. The van der Waals surface area contributed by atoms with Crippen LogP contribution in [0.2, 0.25) is 0 Å². The molecule has 3 heteroatoms. The van der Waals surface area contributed by atoms with Gasteiger partial charge in [0.05, 0.1) is 12.0 Å². The maximum Gasteiger partial charge on any atom is 0.0953 e. The lowest BCUT2D eigenvalue weighted by molar-refractivity contribution is 0.676. The van der Waals surface area contributed by atoms with E-state index in [4.69, 9.17) is 0 Å². The molecule has 0 aliphatic heterocycles. The van der Waals surface area contributed by atoms with Crippen molar-refractivity contribution >= 4 is 0 Å². The molecule has 1 aliphatic carbocycles. The smallest absolute Gasteiger partial charge is 0.0953 e. The van der Waals surface area contributed by atoms with E-state index in [1.807, 2.05) is 6.33 Å². The first kappa shape index (κ1) is 11.5. The number of rotatable bonds is 5. The quantitative estimate of drug-likeness (QED) is 0.871. The van der Waals surface area contributed by atoms with Gasteiger partial charge in [0.1, 0.15) is 0 Å². The summed E-state index contributed by atoms with van der Waals surface area (Å²) in [5.74, 6) is 0. The van der Waals surface area contributed by atoms with Crippen molar-refractivity contribution in [1.29, 1.82) is 0 Å². The molecule has 3 rings (SSSR count). The summed E-state index contributed by atoms with van der Waals surface area (Å²) in [5.41, 5.74) is 3.83. The molecule has 0 unspecified atom stereocenters. The van der Waals surface area contributed by atoms with E-state index in [2.05, 4.69) is 52.3 Å². The summed E-state index contributed by atoms with van der Waals surface area (Å²) in [7, 11) is 0. The Morgan fingerprint density at radius 2 is 2.17 bits per heavy atom. The van der Waals surface area contributed by atoms with Crippen LogP contribution < -0.4 is 5.32 Å². The van der Waals surface area contributed by atoms with Crippen molar-refractivity contribution in [1.82, 2.24) is 14.9 Å². The summed E-state index contributed by atoms with van der Waals surface area (Å²) in [6.07, 6.45) is 6.71. The Bertz CT molecular complexity index is 526. The molecule has 18 heavy (non-hydrogen) atoms. The zero-order valence-corrected chi connectivity index (χ0v) is 10.8. The van der Waals surface area contributed by atoms with Gasteiger partial charge < -0.3 is 9.88 Å². The van der Waals surface area contributed by atoms with Crippen LogP contribution in [0.25, 0.3) is 0 Å². The van der Waals surface area contributed by atoms with Crippen molar-refractivity contribution in [3.8, 4) is 0 Å². The third kappa shape index (κ3) is 2.79. The lowest BCUT2D eigenvalue weighted by Gasteiger charge is -2.05. The molecule has 1 aromatic carbocycles. The van der Waals surface area contributed by atoms with E-state index < -0.39 is 0 Å². The largest absolute Gasteiger partial charge is 0.333 e. The zero-order chi connectivity index (χ0) is 12.4. The van der Waals surface area contributed by atoms with E-state index in [-0.39, 0.29) is 0 Å². The molecule has 1 aliphatic rings. The molecule has 0 saturated heterocycles. The van der Waals surface area contributed by atoms with Gasteiger partial charge in [-0.3, -0.25) is 0 Å². The molecular weight excluding hydrogens is 222 g/mol. The van der Waals surface area contributed by atoms with E-state index >= 15 is 0 Å². The standard InChI is InChI=1S/C15H19N3/c1-12-4-2-3-5-13(12)9-18-10-15(17-11-18)8-16-14-6-7-14/h2-5,10-11,14,16H,6-9H2,1H3. The van der Waals surface area contributed by atoms with Gasteiger partial charge in [-0.2, -0.15) is 0 Å². The van der Waals surface area contributed by atoms with Gasteiger partial charge in [-0.05, 0) is 30.9 Å². The minimum Gasteiger partial charge on any atom is -0.333 e. The highest BCUT2D eigenvalue weighted by Crippen LogP contribution is 2.19. The Hall–Kier alpha value is -1.61. The number of aryl methyl sites for hydroxylation is 1. The molecular formula is C15H19N3. The highest BCUT2D eigenvalue weighted by molar-refractivity contribution is 5.25. The fourth-order valence-electron chi connectivity index (χ4n) is 2.10. The van der Waals surface area contributed by atoms with Crippen molar-refractivity contribution in [3.63, 3.8) is 0 Å². The van der Waals surface area contributed by atoms with Crippen LogP contribution in [0.3, 0.4) is 0 Å². The van der Waals surface area contributed by atoms with Gasteiger partial charge >= 0.3 is 0 Å². The third-order valence-corrected chi connectivity index (χ3v) is 3.45. The van der Waals surface area contributed by atoms with Gasteiger partial charge in [0.2, 0.25) is 0 Å². The summed E-state index contributed by atoms with van der Waals surface area (Å²) >= 11 is 0. The second kappa shape index (κ2) is 4.94. The van der Waals surface area contributed by atoms with Crippen LogP contribution in [0.15, 0.2) is 36.8 Å². The van der Waals surface area contributed by atoms with Crippen molar-refractivity contribution in [2.45, 2.75) is 38.9 Å². The average Bonchev–Trinajstić information content (AvgIpc) is 3.10. The molecule has 0 bridgehead atoms. The van der Waals surface area contributed by atoms with Crippen LogP contribution >= 0.6 is 0 Å². The Kier molecular flexibility index (Phi) is 3.15. The van der Waals surface area contributed by atoms with Gasteiger partial charge in [0.25, 0.3) is 0 Å². The lowest BCUT2D eigenvalue weighted by atomic mass is 10.1. The molecule has 1 N–H and O–H groups in total. The Balaban J connectivity index is 1.63. The summed E-state index contributed by atoms with van der Waals surface area (Å²) in [4.78, 5) is 4.44. The second-order valence-electron chi connectivity index (χ2n) is 5.12. The minimum absolute atomic E-state index is 0.742. The van der Waals surface area contributed by atoms with Crippen LogP contribution in [0.5, 0.6) is 0 Å². The topological polar surface area (TPSA) is 29.9 Å². The molecule has 94 valence electrons. The minimum atomic E-state index is 0.742. The Labute approximate surface area is 108 Å². The molecule has 1 aromatic heterocycles. The molecule has 1 saturated carbocycles. The van der Waals surface area contributed by atoms with Crippen molar-refractivity contribution in [2.75, 3.05) is 0 Å². The van der Waals surface area contributed by atoms with Gasteiger partial charge in [0.15, 0.2) is 0 Å². The number of nitrogens with one attached hydrogen (secondary N) is 1. The number of aromatic nitrogens is 2. The normalized spacial score (nSPS) is 14.9. The Morgan fingerprint density at radius 3 is 2.94 bits per heavy atom. The summed E-state index contributed by atoms with van der Waals surface area (Å²) in [5, 5.41) is 3.49. The van der Waals surface area contributed by atoms with E-state index in [0.29, 0.717) is 0 Å². The van der Waals surface area contributed by atoms with Crippen LogP contribution in [-0.4, -0.2) is 15.6 Å². The lowest BCUT2D eigenvalue weighted by Crippen LogP contribution is -2.15. The van der Waals surface area contributed by atoms with Gasteiger partial charge in [-0.1, -0.05) is 24.3 Å². The summed E-state index contributed by atoms with van der Waals surface area (Å²) in [6.45, 7) is 3.95. The van der Waals surface area contributed by atoms with Crippen LogP contribution in [-0.2, 0) is 13.1 Å². The first-order valence-corrected chi connectivity index (χ1v) is 6.60. The molecule has 0 amide bonds. The van der Waals surface area contributed by atoms with Crippen LogP contribution in [0.1, 0.15) is 29.7 Å². The first-order chi connectivity index (χ1) is 8.81. The fraction of sp³-hybridized carbons (Fsp3) is 0.400. The molecule has 0 atom stereocenters. The van der Waals surface area contributed by atoms with E-state index in [9.17, 15) is 0 Å². The zero-order valence-electron chi connectivity index (χ0n) is 10.8. The van der Waals surface area contributed by atoms with Crippen LogP contribution in [0.4, 0.5) is 0 Å². The molecule has 1 fully saturated rings. The number of benzene rings is 1. The number of imidazole rings is 1. The predicted molar refractivity (Wildman–Crippen MR) is 72.4 cm³/mol. The third-order valence-electron chi connectivity index (χ3n) is 3.45. The molecule has 2 aromatic rings. The average molecular weight is 241 g/mol. The summed E-state index contributed by atoms with van der Waals surface area (Å²) < 4.78 is 2.16. The van der Waals surface area contributed by atoms with Crippen molar-refractivity contribution in [2.24, 2.45) is 0 Å². The van der Waals surface area contributed by atoms with Gasteiger partial charge in [-0.15, -0.1) is 0 Å². The summed E-state index contributed by atoms with van der Waals surface area (Å²) in [6, 6.07) is 9.25. The van der Waals surface area contributed by atoms with Crippen LogP contribution in [0, 0.1) is 6.92 Å². The van der Waals surface area contributed by atoms with E-state index in [1.165, 1.54) is 24.0 Å². The van der Waals surface area contributed by atoms with Crippen molar-refractivity contribution < 1.29 is 0 Å². The molecule has 1 heterocycles. The second-order valence-corrected chi connectivity index (χ2v) is 5.12. The van der Waals surface area contributed by atoms with Gasteiger partial charge in [-0.25, -0.2) is 4.98 Å². The molecule has 0 radical (unpaired) electrons. The predicted octanol–water partition coefficient (Wildman–Crippen LogP) is 2.49. The number of hydrogen-bond donors (Lipinski definition) is 1.